The Bertz CT molecular complexity index is 437. The van der Waals surface area contributed by atoms with Gasteiger partial charge in [0.15, 0.2) is 0 Å². The zero-order valence-corrected chi connectivity index (χ0v) is 9.44. The topological polar surface area (TPSA) is 9.86 Å². The molecule has 1 aromatic heterocycles. The number of aryl methyl sites for hydroxylation is 2. The van der Waals surface area contributed by atoms with Gasteiger partial charge in [-0.15, -0.1) is 0 Å². The van der Waals surface area contributed by atoms with Crippen molar-refractivity contribution in [1.82, 2.24) is 9.13 Å². The van der Waals surface area contributed by atoms with Crippen molar-refractivity contribution in [3.05, 3.63) is 27.7 Å². The molecule has 0 spiro atoms. The normalized spacial score (nSPS) is 10.8. The van der Waals surface area contributed by atoms with Gasteiger partial charge in [-0.1, -0.05) is 0 Å². The minimum atomic E-state index is 1.28. The van der Waals surface area contributed by atoms with Crippen LogP contribution in [0.3, 0.4) is 0 Å². The van der Waals surface area contributed by atoms with E-state index in [4.69, 9.17) is 0 Å². The molecule has 0 atom stereocenters. The fraction of sp³-hybridized carbons (Fsp3) is 0.222. The number of fused-ring (bicyclic) bond motifs is 1. The zero-order chi connectivity index (χ0) is 8.72. The summed E-state index contributed by atoms with van der Waals surface area (Å²) in [4.78, 5) is 0. The van der Waals surface area contributed by atoms with Gasteiger partial charge >= 0.3 is 83.8 Å². The third-order valence-electron chi connectivity index (χ3n) is 2.18. The first kappa shape index (κ1) is 8.09. The number of aromatic nitrogens is 2. The van der Waals surface area contributed by atoms with Crippen molar-refractivity contribution in [1.29, 1.82) is 0 Å². The summed E-state index contributed by atoms with van der Waals surface area (Å²) in [6.07, 6.45) is 0. The number of imidazole rings is 1. The van der Waals surface area contributed by atoms with E-state index in [1.165, 1.54) is 14.5 Å². The van der Waals surface area contributed by atoms with E-state index >= 15 is 0 Å². The Morgan fingerprint density at radius 1 is 1.00 bits per heavy atom. The van der Waals surface area contributed by atoms with Crippen molar-refractivity contribution in [2.45, 2.75) is 0 Å². The van der Waals surface area contributed by atoms with Gasteiger partial charge in [-0.3, -0.25) is 0 Å². The van der Waals surface area contributed by atoms with Crippen molar-refractivity contribution < 1.29 is 0 Å². The van der Waals surface area contributed by atoms with Crippen molar-refractivity contribution in [3.8, 4) is 0 Å². The fourth-order valence-corrected chi connectivity index (χ4v) is 2.02. The second kappa shape index (κ2) is 2.76. The molecule has 0 amide bonds. The average Bonchev–Trinajstić information content (AvgIpc) is 2.33. The van der Waals surface area contributed by atoms with E-state index in [9.17, 15) is 0 Å². The third-order valence-corrected chi connectivity index (χ3v) is 3.74. The number of para-hydroxylation sites is 2. The second-order valence-electron chi connectivity index (χ2n) is 2.89. The van der Waals surface area contributed by atoms with E-state index in [2.05, 4.69) is 69.3 Å². The predicted molar refractivity (Wildman–Crippen MR) is 50.9 cm³/mol. The van der Waals surface area contributed by atoms with Crippen molar-refractivity contribution in [2.75, 3.05) is 0 Å². The number of benzene rings is 1. The molecule has 2 rings (SSSR count). The molecule has 0 aliphatic carbocycles. The molecular weight excluding hydrogens is 264 g/mol. The van der Waals surface area contributed by atoms with E-state index in [0.717, 1.165) is 0 Å². The van der Waals surface area contributed by atoms with Crippen LogP contribution in [0, 0.1) is 3.46 Å². The Kier molecular flexibility index (Phi) is 1.86. The van der Waals surface area contributed by atoms with Gasteiger partial charge in [-0.2, -0.15) is 0 Å². The van der Waals surface area contributed by atoms with Gasteiger partial charge in [-0.05, 0) is 0 Å². The molecule has 0 bridgehead atoms. The van der Waals surface area contributed by atoms with Crippen LogP contribution < -0.4 is 0 Å². The second-order valence-corrected chi connectivity index (χ2v) is 3.93. The number of rotatable bonds is 0. The van der Waals surface area contributed by atoms with E-state index in [0.29, 0.717) is 0 Å². The summed E-state index contributed by atoms with van der Waals surface area (Å²) in [6, 6.07) is 8.43. The maximum atomic E-state index is 2.21. The quantitative estimate of drug-likeness (QED) is 0.639. The third kappa shape index (κ3) is 0.972. The first-order valence-electron chi connectivity index (χ1n) is 3.82. The van der Waals surface area contributed by atoms with Crippen LogP contribution in [0.5, 0.6) is 0 Å². The molecular formula is C9H10N2Te. The Balaban J connectivity index is 3.09. The molecule has 0 aliphatic rings. The van der Waals surface area contributed by atoms with Crippen LogP contribution >= 0.6 is 0 Å². The van der Waals surface area contributed by atoms with Gasteiger partial charge in [0.05, 0.1) is 0 Å². The summed E-state index contributed by atoms with van der Waals surface area (Å²) >= 11 is 2.05. The Morgan fingerprint density at radius 3 is 1.83 bits per heavy atom. The first-order chi connectivity index (χ1) is 5.72. The first-order valence-corrected chi connectivity index (χ1v) is 4.99. The molecule has 3 heteroatoms. The van der Waals surface area contributed by atoms with E-state index in [1.807, 2.05) is 0 Å². The molecule has 2 nitrogen and oxygen atoms in total. The van der Waals surface area contributed by atoms with Crippen LogP contribution in [-0.2, 0) is 14.1 Å². The van der Waals surface area contributed by atoms with E-state index in [1.54, 1.807) is 0 Å². The molecule has 0 fully saturated rings. The van der Waals surface area contributed by atoms with Gasteiger partial charge in [0.1, 0.15) is 0 Å². The van der Waals surface area contributed by atoms with Crippen molar-refractivity contribution >= 4 is 32.9 Å². The van der Waals surface area contributed by atoms with Gasteiger partial charge in [0.2, 0.25) is 0 Å². The van der Waals surface area contributed by atoms with Crippen LogP contribution in [0.2, 0.25) is 0 Å². The minimum absolute atomic E-state index is 1.28. The summed E-state index contributed by atoms with van der Waals surface area (Å²) in [5.74, 6) is 0. The predicted octanol–water partition coefficient (Wildman–Crippen LogP) is 1.22. The van der Waals surface area contributed by atoms with Gasteiger partial charge in [0, 0.05) is 0 Å². The summed E-state index contributed by atoms with van der Waals surface area (Å²) in [5.41, 5.74) is 2.58. The standard InChI is InChI=1S/C9H10N2Te/c1-10-7-5-3-4-6-8(7)11(2)9(10)12/h3-6H,1-2H3. The molecule has 62 valence electrons. The van der Waals surface area contributed by atoms with Crippen LogP contribution in [0.4, 0.5) is 0 Å². The molecule has 0 aliphatic heterocycles. The SMILES string of the molecule is Cn1c(=[Te])n(C)c2ccccc21. The Morgan fingerprint density at radius 2 is 1.42 bits per heavy atom. The summed E-state index contributed by atoms with van der Waals surface area (Å²) < 4.78 is 5.70. The Labute approximate surface area is 83.8 Å². The molecule has 2 aromatic rings. The summed E-state index contributed by atoms with van der Waals surface area (Å²) in [7, 11) is 4.19. The number of hydrogen-bond acceptors (Lipinski definition) is 0. The van der Waals surface area contributed by atoms with E-state index in [-0.39, 0.29) is 0 Å². The van der Waals surface area contributed by atoms with Gasteiger partial charge in [-0.25, -0.2) is 0 Å². The molecule has 0 N–H and O–H groups in total. The van der Waals surface area contributed by atoms with Crippen molar-refractivity contribution in [3.63, 3.8) is 0 Å². The van der Waals surface area contributed by atoms with Gasteiger partial charge in [0.25, 0.3) is 0 Å². The molecule has 1 aromatic carbocycles. The van der Waals surface area contributed by atoms with Gasteiger partial charge < -0.3 is 0 Å². The van der Waals surface area contributed by atoms with Crippen LogP contribution in [-0.4, -0.2) is 31.0 Å². The Hall–Kier alpha value is -0.520. The summed E-state index contributed by atoms with van der Waals surface area (Å²) in [5, 5.41) is 0. The van der Waals surface area contributed by atoms with Crippen molar-refractivity contribution in [2.24, 2.45) is 14.1 Å². The van der Waals surface area contributed by atoms with Crippen LogP contribution in [0.25, 0.3) is 11.0 Å². The molecule has 0 unspecified atom stereocenters. The monoisotopic (exact) mass is 276 g/mol. The molecule has 1 heterocycles. The van der Waals surface area contributed by atoms with Crippen LogP contribution in [0.1, 0.15) is 0 Å². The van der Waals surface area contributed by atoms with Crippen LogP contribution in [0.15, 0.2) is 24.3 Å². The zero-order valence-electron chi connectivity index (χ0n) is 7.11. The maximum absolute atomic E-state index is 2.21. The molecule has 0 saturated heterocycles. The van der Waals surface area contributed by atoms with E-state index < -0.39 is 0 Å². The fourth-order valence-electron chi connectivity index (χ4n) is 1.46. The number of hydrogen-bond donors (Lipinski definition) is 0. The average molecular weight is 274 g/mol. The number of nitrogens with zero attached hydrogens (tertiary/aromatic N) is 2. The summed E-state index contributed by atoms with van der Waals surface area (Å²) in [6.45, 7) is 0. The molecule has 12 heavy (non-hydrogen) atoms. The molecule has 0 radical (unpaired) electrons. The molecule has 0 saturated carbocycles.